The lowest BCUT2D eigenvalue weighted by Gasteiger charge is -2.08. The lowest BCUT2D eigenvalue weighted by Crippen LogP contribution is -2.19. The molecule has 6 heteroatoms. The molecule has 1 aliphatic heterocycles. The summed E-state index contributed by atoms with van der Waals surface area (Å²) in [6.07, 6.45) is 0. The molecule has 1 aliphatic rings. The van der Waals surface area contributed by atoms with Crippen LogP contribution >= 0.6 is 0 Å². The zero-order chi connectivity index (χ0) is 11.3. The van der Waals surface area contributed by atoms with Gasteiger partial charge < -0.3 is 13.9 Å². The first-order valence-corrected chi connectivity index (χ1v) is 4.43. The maximum atomic E-state index is 10.4. The van der Waals surface area contributed by atoms with Gasteiger partial charge in [-0.3, -0.25) is 10.1 Å². The van der Waals surface area contributed by atoms with Crippen molar-refractivity contribution in [1.82, 2.24) is 0 Å². The molecule has 6 nitrogen and oxygen atoms in total. The van der Waals surface area contributed by atoms with Crippen LogP contribution in [0, 0.1) is 10.1 Å². The largest absolute Gasteiger partial charge is 0.433 e. The lowest BCUT2D eigenvalue weighted by atomic mass is 10.1. The molecule has 0 bridgehead atoms. The fourth-order valence-electron chi connectivity index (χ4n) is 1.67. The fourth-order valence-corrected chi connectivity index (χ4v) is 1.67. The van der Waals surface area contributed by atoms with Crippen molar-refractivity contribution in [1.29, 1.82) is 0 Å². The lowest BCUT2D eigenvalue weighted by molar-refractivity contribution is -0.402. The van der Waals surface area contributed by atoms with Gasteiger partial charge in [0.2, 0.25) is 0 Å². The van der Waals surface area contributed by atoms with Crippen LogP contribution in [0.15, 0.2) is 16.5 Å². The van der Waals surface area contributed by atoms with Crippen LogP contribution in [0.5, 0.6) is 0 Å². The van der Waals surface area contributed by atoms with Gasteiger partial charge in [-0.1, -0.05) is 0 Å². The van der Waals surface area contributed by atoms with Gasteiger partial charge in [-0.2, -0.15) is 0 Å². The number of furan rings is 1. The molecule has 1 aromatic rings. The molecule has 0 radical (unpaired) electrons. The summed E-state index contributed by atoms with van der Waals surface area (Å²) in [4.78, 5) is 9.85. The van der Waals surface area contributed by atoms with Gasteiger partial charge in [0.25, 0.3) is 5.79 Å². The minimum atomic E-state index is -0.985. The van der Waals surface area contributed by atoms with E-state index in [1.807, 2.05) is 13.8 Å². The molecular formula is C9H11NO5. The Balaban J connectivity index is 2.34. The average Bonchev–Trinajstić information content (AvgIpc) is 2.59. The molecule has 0 aromatic carbocycles. The van der Waals surface area contributed by atoms with Gasteiger partial charge in [-0.05, 0) is 19.9 Å². The third kappa shape index (κ3) is 1.25. The van der Waals surface area contributed by atoms with E-state index in [2.05, 4.69) is 0 Å². The van der Waals surface area contributed by atoms with Crippen LogP contribution in [0.25, 0.3) is 0 Å². The van der Waals surface area contributed by atoms with Crippen molar-refractivity contribution in [2.75, 3.05) is 7.11 Å². The average molecular weight is 213 g/mol. The molecular weight excluding hydrogens is 202 g/mol. The second-order valence-electron chi connectivity index (χ2n) is 3.83. The number of hydrogen-bond donors (Lipinski definition) is 0. The van der Waals surface area contributed by atoms with Crippen molar-refractivity contribution < 1.29 is 18.8 Å². The Hall–Kier alpha value is -1.40. The topological polar surface area (TPSA) is 78.0 Å². The molecule has 2 heterocycles. The summed E-state index contributed by atoms with van der Waals surface area (Å²) >= 11 is 0. The summed E-state index contributed by atoms with van der Waals surface area (Å²) in [7, 11) is 1.48. The van der Waals surface area contributed by atoms with Gasteiger partial charge >= 0.3 is 5.88 Å². The zero-order valence-electron chi connectivity index (χ0n) is 8.64. The van der Waals surface area contributed by atoms with E-state index >= 15 is 0 Å². The Morgan fingerprint density at radius 2 is 2.07 bits per heavy atom. The van der Waals surface area contributed by atoms with Crippen LogP contribution in [0.3, 0.4) is 0 Å². The van der Waals surface area contributed by atoms with E-state index < -0.39 is 16.3 Å². The highest BCUT2D eigenvalue weighted by molar-refractivity contribution is 5.26. The molecule has 1 atom stereocenters. The van der Waals surface area contributed by atoms with E-state index in [1.165, 1.54) is 19.2 Å². The Kier molecular flexibility index (Phi) is 1.89. The second-order valence-corrected chi connectivity index (χ2v) is 3.83. The van der Waals surface area contributed by atoms with Crippen LogP contribution in [0.2, 0.25) is 0 Å². The summed E-state index contributed by atoms with van der Waals surface area (Å²) in [5.74, 6) is -0.976. The van der Waals surface area contributed by atoms with Crippen LogP contribution in [0.4, 0.5) is 5.88 Å². The first-order valence-electron chi connectivity index (χ1n) is 4.43. The Bertz CT molecular complexity index is 410. The number of methoxy groups -OCH3 is 1. The van der Waals surface area contributed by atoms with Crippen LogP contribution < -0.4 is 0 Å². The fraction of sp³-hybridized carbons (Fsp3) is 0.556. The summed E-state index contributed by atoms with van der Waals surface area (Å²) in [5.41, 5.74) is -0.520. The highest BCUT2D eigenvalue weighted by atomic mass is 16.8. The van der Waals surface area contributed by atoms with E-state index in [-0.39, 0.29) is 5.88 Å². The normalized spacial score (nSPS) is 27.7. The monoisotopic (exact) mass is 213 g/mol. The number of nitrogens with zero attached hydrogens (tertiary/aromatic N) is 1. The predicted molar refractivity (Wildman–Crippen MR) is 49.2 cm³/mol. The van der Waals surface area contributed by atoms with Crippen LogP contribution in [-0.2, 0) is 15.3 Å². The number of nitro groups is 1. The zero-order valence-corrected chi connectivity index (χ0v) is 8.64. The Morgan fingerprint density at radius 3 is 2.40 bits per heavy atom. The van der Waals surface area contributed by atoms with Gasteiger partial charge in [0.1, 0.15) is 10.5 Å². The van der Waals surface area contributed by atoms with Crippen molar-refractivity contribution in [3.05, 3.63) is 28.0 Å². The minimum Gasteiger partial charge on any atom is -0.400 e. The quantitative estimate of drug-likeness (QED) is 0.434. The van der Waals surface area contributed by atoms with Crippen molar-refractivity contribution in [3.63, 3.8) is 0 Å². The first-order chi connectivity index (χ1) is 6.93. The third-order valence-electron chi connectivity index (χ3n) is 2.53. The van der Waals surface area contributed by atoms with Gasteiger partial charge in [0.05, 0.1) is 6.07 Å². The summed E-state index contributed by atoms with van der Waals surface area (Å²) < 4.78 is 15.6. The van der Waals surface area contributed by atoms with E-state index in [1.54, 1.807) is 0 Å². The Morgan fingerprint density at radius 1 is 1.47 bits per heavy atom. The Labute approximate surface area is 85.9 Å². The van der Waals surface area contributed by atoms with Crippen molar-refractivity contribution in [2.24, 2.45) is 0 Å². The van der Waals surface area contributed by atoms with Gasteiger partial charge in [-0.15, -0.1) is 0 Å². The molecule has 1 unspecified atom stereocenters. The summed E-state index contributed by atoms with van der Waals surface area (Å²) in [5, 5.41) is 10.4. The van der Waals surface area contributed by atoms with Crippen LogP contribution in [-0.4, -0.2) is 17.6 Å². The first kappa shape index (κ1) is 10.1. The maximum Gasteiger partial charge on any atom is 0.433 e. The summed E-state index contributed by atoms with van der Waals surface area (Å²) in [6, 6.07) is 2.78. The number of hydrogen-bond acceptors (Lipinski definition) is 5. The molecule has 0 spiro atoms. The number of rotatable bonds is 3. The second kappa shape index (κ2) is 2.80. The molecule has 82 valence electrons. The van der Waals surface area contributed by atoms with E-state index in [0.29, 0.717) is 5.76 Å². The van der Waals surface area contributed by atoms with Crippen molar-refractivity contribution >= 4 is 5.88 Å². The SMILES string of the molecule is COC1(c2ccc([N+](=O)[O-])o2)OC1(C)C. The molecule has 1 aromatic heterocycles. The van der Waals surface area contributed by atoms with Gasteiger partial charge in [0, 0.05) is 7.11 Å². The van der Waals surface area contributed by atoms with E-state index in [4.69, 9.17) is 13.9 Å². The predicted octanol–water partition coefficient (Wildman–Crippen LogP) is 1.80. The molecule has 2 rings (SSSR count). The van der Waals surface area contributed by atoms with Crippen molar-refractivity contribution in [2.45, 2.75) is 25.2 Å². The molecule has 1 fully saturated rings. The smallest absolute Gasteiger partial charge is 0.400 e. The van der Waals surface area contributed by atoms with Gasteiger partial charge in [0.15, 0.2) is 5.76 Å². The highest BCUT2D eigenvalue weighted by Crippen LogP contribution is 2.56. The maximum absolute atomic E-state index is 10.4. The molecule has 1 saturated heterocycles. The van der Waals surface area contributed by atoms with Crippen molar-refractivity contribution in [3.8, 4) is 0 Å². The minimum absolute atomic E-state index is 0.312. The molecule has 0 amide bonds. The summed E-state index contributed by atoms with van der Waals surface area (Å²) in [6.45, 7) is 3.65. The third-order valence-corrected chi connectivity index (χ3v) is 2.53. The van der Waals surface area contributed by atoms with E-state index in [9.17, 15) is 10.1 Å². The van der Waals surface area contributed by atoms with E-state index in [0.717, 1.165) is 0 Å². The number of ether oxygens (including phenoxy) is 2. The van der Waals surface area contributed by atoms with Gasteiger partial charge in [-0.25, -0.2) is 0 Å². The highest BCUT2D eigenvalue weighted by Gasteiger charge is 2.69. The standard InChI is InChI=1S/C9H11NO5/c1-8(2)9(13-3,15-8)6-4-5-7(14-6)10(11)12/h4-5H,1-3H3. The molecule has 15 heavy (non-hydrogen) atoms. The number of epoxide rings is 1. The molecule has 0 N–H and O–H groups in total. The molecule has 0 aliphatic carbocycles. The van der Waals surface area contributed by atoms with Crippen LogP contribution in [0.1, 0.15) is 19.6 Å². The molecule has 0 saturated carbocycles.